The standard InChI is InChI=1S/C39H74O6S/c1-3-5-7-9-11-13-15-17-19-21-23-25-27-29-32-44-38(42)35-36(46-34-31-37(40)41)39(43)45-33-30-28-26-24-22-20-18-16-14-12-10-8-6-4-2/h36H,3-35H2,1-2H3,(H,40,41). The molecule has 0 amide bonds. The summed E-state index contributed by atoms with van der Waals surface area (Å²) in [4.78, 5) is 36.1. The molecule has 0 spiro atoms. The molecule has 7 heteroatoms. The van der Waals surface area contributed by atoms with E-state index in [1.54, 1.807) is 0 Å². The number of hydrogen-bond acceptors (Lipinski definition) is 6. The van der Waals surface area contributed by atoms with E-state index in [1.807, 2.05) is 0 Å². The molecule has 46 heavy (non-hydrogen) atoms. The van der Waals surface area contributed by atoms with E-state index in [0.717, 1.165) is 38.5 Å². The highest BCUT2D eigenvalue weighted by atomic mass is 32.2. The van der Waals surface area contributed by atoms with Crippen molar-refractivity contribution in [1.82, 2.24) is 0 Å². The Kier molecular flexibility index (Phi) is 35.6. The number of carboxylic acid groups (broad SMARTS) is 1. The number of ether oxygens (including phenoxy) is 2. The lowest BCUT2D eigenvalue weighted by molar-refractivity contribution is -0.149. The third-order valence-electron chi connectivity index (χ3n) is 8.75. The Morgan fingerprint density at radius 2 is 0.826 bits per heavy atom. The average Bonchev–Trinajstić information content (AvgIpc) is 3.04. The summed E-state index contributed by atoms with van der Waals surface area (Å²) in [5.41, 5.74) is 0. The smallest absolute Gasteiger partial charge is 0.319 e. The van der Waals surface area contributed by atoms with Crippen LogP contribution in [0.4, 0.5) is 0 Å². The van der Waals surface area contributed by atoms with E-state index in [0.29, 0.717) is 13.2 Å². The maximum Gasteiger partial charge on any atom is 0.319 e. The van der Waals surface area contributed by atoms with Crippen LogP contribution in [0.3, 0.4) is 0 Å². The van der Waals surface area contributed by atoms with Crippen LogP contribution in [0, 0.1) is 0 Å². The van der Waals surface area contributed by atoms with Crippen LogP contribution in [0.5, 0.6) is 0 Å². The number of aliphatic carboxylic acids is 1. The summed E-state index contributed by atoms with van der Waals surface area (Å²) in [6.45, 7) is 5.24. The average molecular weight is 671 g/mol. The van der Waals surface area contributed by atoms with Gasteiger partial charge in [0.15, 0.2) is 0 Å². The summed E-state index contributed by atoms with van der Waals surface area (Å²) < 4.78 is 10.9. The van der Waals surface area contributed by atoms with Crippen molar-refractivity contribution in [3.05, 3.63) is 0 Å². The number of carbonyl (C=O) groups is 3. The van der Waals surface area contributed by atoms with Gasteiger partial charge in [0.05, 0.1) is 26.1 Å². The van der Waals surface area contributed by atoms with E-state index in [4.69, 9.17) is 14.6 Å². The molecule has 1 N–H and O–H groups in total. The number of rotatable bonds is 37. The minimum Gasteiger partial charge on any atom is -0.481 e. The molecular formula is C39H74O6S. The topological polar surface area (TPSA) is 89.9 Å². The third-order valence-corrected chi connectivity index (χ3v) is 9.95. The minimum absolute atomic E-state index is 0.0541. The Labute approximate surface area is 288 Å². The second-order valence-corrected chi connectivity index (χ2v) is 14.6. The first-order valence-electron chi connectivity index (χ1n) is 19.7. The quantitative estimate of drug-likeness (QED) is 0.0519. The van der Waals surface area contributed by atoms with Crippen molar-refractivity contribution in [2.45, 2.75) is 212 Å². The van der Waals surface area contributed by atoms with Crippen molar-refractivity contribution >= 4 is 29.7 Å². The molecule has 0 radical (unpaired) electrons. The van der Waals surface area contributed by atoms with Crippen molar-refractivity contribution in [3.63, 3.8) is 0 Å². The van der Waals surface area contributed by atoms with Crippen LogP contribution in [-0.4, -0.2) is 47.2 Å². The van der Waals surface area contributed by atoms with Crippen LogP contribution in [0.15, 0.2) is 0 Å². The van der Waals surface area contributed by atoms with Gasteiger partial charge in [-0.2, -0.15) is 0 Å². The molecule has 0 fully saturated rings. The van der Waals surface area contributed by atoms with E-state index in [9.17, 15) is 14.4 Å². The Morgan fingerprint density at radius 1 is 0.500 bits per heavy atom. The molecule has 272 valence electrons. The summed E-state index contributed by atoms with van der Waals surface area (Å²) in [6, 6.07) is 0. The molecule has 0 aliphatic rings. The Balaban J connectivity index is 3.89. The highest BCUT2D eigenvalue weighted by molar-refractivity contribution is 8.00. The molecule has 0 aromatic carbocycles. The Hall–Kier alpha value is -1.24. The van der Waals surface area contributed by atoms with E-state index >= 15 is 0 Å². The van der Waals surface area contributed by atoms with Gasteiger partial charge >= 0.3 is 17.9 Å². The maximum absolute atomic E-state index is 12.7. The van der Waals surface area contributed by atoms with Crippen LogP contribution in [0.25, 0.3) is 0 Å². The number of esters is 2. The number of unbranched alkanes of at least 4 members (excludes halogenated alkanes) is 26. The molecule has 0 aromatic heterocycles. The molecule has 0 aliphatic heterocycles. The van der Waals surface area contributed by atoms with Gasteiger partial charge in [-0.15, -0.1) is 11.8 Å². The van der Waals surface area contributed by atoms with Gasteiger partial charge in [0.1, 0.15) is 5.25 Å². The lowest BCUT2D eigenvalue weighted by Crippen LogP contribution is -2.25. The van der Waals surface area contributed by atoms with Gasteiger partial charge in [-0.25, -0.2) is 0 Å². The van der Waals surface area contributed by atoms with E-state index in [-0.39, 0.29) is 18.6 Å². The zero-order chi connectivity index (χ0) is 33.8. The molecule has 0 saturated heterocycles. The fraction of sp³-hybridized carbons (Fsp3) is 0.923. The van der Waals surface area contributed by atoms with Crippen molar-refractivity contribution in [2.24, 2.45) is 0 Å². The molecule has 0 saturated carbocycles. The molecule has 1 atom stereocenters. The highest BCUT2D eigenvalue weighted by Gasteiger charge is 2.25. The fourth-order valence-corrected chi connectivity index (χ4v) is 6.79. The van der Waals surface area contributed by atoms with E-state index in [1.165, 1.54) is 153 Å². The molecule has 6 nitrogen and oxygen atoms in total. The first-order valence-corrected chi connectivity index (χ1v) is 20.7. The molecule has 0 heterocycles. The van der Waals surface area contributed by atoms with Crippen LogP contribution >= 0.6 is 11.8 Å². The van der Waals surface area contributed by atoms with E-state index < -0.39 is 23.2 Å². The van der Waals surface area contributed by atoms with Crippen molar-refractivity contribution < 1.29 is 29.0 Å². The van der Waals surface area contributed by atoms with Crippen LogP contribution in [0.1, 0.15) is 206 Å². The monoisotopic (exact) mass is 671 g/mol. The van der Waals surface area contributed by atoms with Gasteiger partial charge in [0.2, 0.25) is 0 Å². The maximum atomic E-state index is 12.7. The lowest BCUT2D eigenvalue weighted by atomic mass is 10.0. The SMILES string of the molecule is CCCCCCCCCCCCCCCCOC(=O)CC(SCCC(=O)O)C(=O)OCCCCCCCCCCCCCCCC. The molecular weight excluding hydrogens is 596 g/mol. The summed E-state index contributed by atoms with van der Waals surface area (Å²) in [6.07, 6.45) is 35.5. The van der Waals surface area contributed by atoms with Gasteiger partial charge in [0, 0.05) is 5.75 Å². The van der Waals surface area contributed by atoms with Gasteiger partial charge in [-0.1, -0.05) is 181 Å². The molecule has 0 aliphatic carbocycles. The first kappa shape index (κ1) is 44.8. The number of carboxylic acids is 1. The minimum atomic E-state index is -0.914. The van der Waals surface area contributed by atoms with Crippen molar-refractivity contribution in [3.8, 4) is 0 Å². The highest BCUT2D eigenvalue weighted by Crippen LogP contribution is 2.20. The molecule has 0 aromatic rings. The van der Waals surface area contributed by atoms with Gasteiger partial charge < -0.3 is 14.6 Å². The van der Waals surface area contributed by atoms with E-state index in [2.05, 4.69) is 13.8 Å². The Bertz CT molecular complexity index is 685. The van der Waals surface area contributed by atoms with Crippen molar-refractivity contribution in [2.75, 3.05) is 19.0 Å². The second kappa shape index (κ2) is 36.6. The van der Waals surface area contributed by atoms with Crippen molar-refractivity contribution in [1.29, 1.82) is 0 Å². The summed E-state index contributed by atoms with van der Waals surface area (Å²) in [7, 11) is 0. The predicted molar refractivity (Wildman–Crippen MR) is 196 cm³/mol. The van der Waals surface area contributed by atoms with Crippen LogP contribution in [-0.2, 0) is 23.9 Å². The number of carbonyl (C=O) groups excluding carboxylic acids is 2. The van der Waals surface area contributed by atoms with Crippen LogP contribution in [0.2, 0.25) is 0 Å². The van der Waals surface area contributed by atoms with Crippen LogP contribution < -0.4 is 0 Å². The normalized spacial score (nSPS) is 11.9. The number of thioether (sulfide) groups is 1. The molecule has 0 bridgehead atoms. The second-order valence-electron chi connectivity index (χ2n) is 13.3. The zero-order valence-corrected chi connectivity index (χ0v) is 31.1. The fourth-order valence-electron chi connectivity index (χ4n) is 5.75. The predicted octanol–water partition coefficient (Wildman–Crippen LogP) is 12.0. The largest absolute Gasteiger partial charge is 0.481 e. The summed E-state index contributed by atoms with van der Waals surface area (Å²) in [5, 5.41) is 8.27. The lowest BCUT2D eigenvalue weighted by Gasteiger charge is -2.15. The van der Waals surface area contributed by atoms with Gasteiger partial charge in [-0.3, -0.25) is 14.4 Å². The van der Waals surface area contributed by atoms with Gasteiger partial charge in [0.25, 0.3) is 0 Å². The van der Waals surface area contributed by atoms with Gasteiger partial charge in [-0.05, 0) is 12.8 Å². The third kappa shape index (κ3) is 34.1. The first-order chi connectivity index (χ1) is 22.5. The summed E-state index contributed by atoms with van der Waals surface area (Å²) >= 11 is 1.18. The molecule has 1 unspecified atom stereocenters. The zero-order valence-electron chi connectivity index (χ0n) is 30.3. The number of hydrogen-bond donors (Lipinski definition) is 1. The Morgan fingerprint density at radius 3 is 1.17 bits per heavy atom. The molecule has 0 rings (SSSR count). The summed E-state index contributed by atoms with van der Waals surface area (Å²) in [5.74, 6) is -1.49.